The Morgan fingerprint density at radius 1 is 1.30 bits per heavy atom. The third-order valence-electron chi connectivity index (χ3n) is 3.37. The summed E-state index contributed by atoms with van der Waals surface area (Å²) < 4.78 is 3.10. The first-order valence-corrected chi connectivity index (χ1v) is 7.51. The number of nitrogens with zero attached hydrogens (tertiary/aromatic N) is 2. The summed E-state index contributed by atoms with van der Waals surface area (Å²) in [5.74, 6) is 1.17. The van der Waals surface area contributed by atoms with Gasteiger partial charge in [-0.05, 0) is 40.9 Å². The Kier molecular flexibility index (Phi) is 3.14. The molecule has 0 spiro atoms. The summed E-state index contributed by atoms with van der Waals surface area (Å²) in [7, 11) is 1.91. The van der Waals surface area contributed by atoms with Crippen molar-refractivity contribution in [2.24, 2.45) is 7.05 Å². The second-order valence-electron chi connectivity index (χ2n) is 5.22. The lowest BCUT2D eigenvalue weighted by molar-refractivity contribution is 0.718. The summed E-state index contributed by atoms with van der Waals surface area (Å²) in [5, 5.41) is 11.2. The van der Waals surface area contributed by atoms with Crippen LogP contribution in [0.5, 0.6) is 0 Å². The minimum atomic E-state index is 0.316. The molecule has 0 unspecified atom stereocenters. The molecule has 3 rings (SSSR count). The van der Waals surface area contributed by atoms with Gasteiger partial charge in [0, 0.05) is 17.4 Å². The molecule has 2 aromatic heterocycles. The number of nitrogen functional groups attached to an aromatic ring is 1. The SMILES string of the molecule is CC(C)c1nn(C)c(Nc2ccc3sccc3c2)c1N. The quantitative estimate of drug-likeness (QED) is 0.762. The standard InChI is InChI=1S/C15H18N4S/c1-9(2)14-13(16)15(19(3)18-14)17-11-4-5-12-10(8-11)6-7-20-12/h4-9,17H,16H2,1-3H3. The largest absolute Gasteiger partial charge is 0.394 e. The van der Waals surface area contributed by atoms with E-state index in [1.54, 1.807) is 11.3 Å². The molecule has 0 saturated heterocycles. The number of aromatic nitrogens is 2. The molecular weight excluding hydrogens is 268 g/mol. The van der Waals surface area contributed by atoms with Crippen molar-refractivity contribution in [2.45, 2.75) is 19.8 Å². The smallest absolute Gasteiger partial charge is 0.152 e. The lowest BCUT2D eigenvalue weighted by Gasteiger charge is -2.08. The van der Waals surface area contributed by atoms with E-state index in [2.05, 4.69) is 53.9 Å². The van der Waals surface area contributed by atoms with E-state index >= 15 is 0 Å². The molecule has 0 bridgehead atoms. The fraction of sp³-hybridized carbons (Fsp3) is 0.267. The molecule has 0 aliphatic heterocycles. The van der Waals surface area contributed by atoms with Crippen molar-refractivity contribution in [2.75, 3.05) is 11.1 Å². The molecule has 4 nitrogen and oxygen atoms in total. The molecule has 3 aromatic rings. The summed E-state index contributed by atoms with van der Waals surface area (Å²) >= 11 is 1.75. The molecule has 0 amide bonds. The Balaban J connectivity index is 1.98. The zero-order chi connectivity index (χ0) is 14.3. The fourth-order valence-electron chi connectivity index (χ4n) is 2.32. The number of thiophene rings is 1. The normalized spacial score (nSPS) is 11.4. The predicted molar refractivity (Wildman–Crippen MR) is 86.8 cm³/mol. The van der Waals surface area contributed by atoms with Gasteiger partial charge in [-0.1, -0.05) is 13.8 Å². The molecule has 3 N–H and O–H groups in total. The first kappa shape index (κ1) is 13.0. The van der Waals surface area contributed by atoms with Crippen LogP contribution < -0.4 is 11.1 Å². The van der Waals surface area contributed by atoms with Crippen LogP contribution in [-0.4, -0.2) is 9.78 Å². The highest BCUT2D eigenvalue weighted by Gasteiger charge is 2.16. The van der Waals surface area contributed by atoms with Crippen LogP contribution in [0.15, 0.2) is 29.6 Å². The van der Waals surface area contributed by atoms with Gasteiger partial charge in [0.25, 0.3) is 0 Å². The molecule has 5 heteroatoms. The number of benzene rings is 1. The van der Waals surface area contributed by atoms with E-state index in [-0.39, 0.29) is 0 Å². The van der Waals surface area contributed by atoms with Crippen LogP contribution in [0.1, 0.15) is 25.5 Å². The number of anilines is 3. The van der Waals surface area contributed by atoms with Gasteiger partial charge in [-0.3, -0.25) is 4.68 Å². The van der Waals surface area contributed by atoms with E-state index in [4.69, 9.17) is 5.73 Å². The predicted octanol–water partition coefficient (Wildman–Crippen LogP) is 4.08. The van der Waals surface area contributed by atoms with E-state index in [9.17, 15) is 0 Å². The summed E-state index contributed by atoms with van der Waals surface area (Å²) in [6, 6.07) is 8.45. The Morgan fingerprint density at radius 3 is 2.80 bits per heavy atom. The zero-order valence-corrected chi connectivity index (χ0v) is 12.7. The summed E-state index contributed by atoms with van der Waals surface area (Å²) in [5.41, 5.74) is 8.90. The molecule has 20 heavy (non-hydrogen) atoms. The van der Waals surface area contributed by atoms with Gasteiger partial charge in [0.2, 0.25) is 0 Å². The zero-order valence-electron chi connectivity index (χ0n) is 11.8. The lowest BCUT2D eigenvalue weighted by Crippen LogP contribution is -2.01. The first-order valence-electron chi connectivity index (χ1n) is 6.63. The maximum atomic E-state index is 6.20. The number of aryl methyl sites for hydroxylation is 1. The van der Waals surface area contributed by atoms with Gasteiger partial charge < -0.3 is 11.1 Å². The average Bonchev–Trinajstić information content (AvgIpc) is 2.97. The van der Waals surface area contributed by atoms with Gasteiger partial charge in [-0.2, -0.15) is 5.10 Å². The van der Waals surface area contributed by atoms with E-state index in [1.807, 2.05) is 11.7 Å². The van der Waals surface area contributed by atoms with Crippen LogP contribution in [0, 0.1) is 0 Å². The van der Waals surface area contributed by atoms with Crippen molar-refractivity contribution in [3.8, 4) is 0 Å². The van der Waals surface area contributed by atoms with Crippen LogP contribution in [0.25, 0.3) is 10.1 Å². The van der Waals surface area contributed by atoms with Crippen LogP contribution in [0.4, 0.5) is 17.2 Å². The van der Waals surface area contributed by atoms with Gasteiger partial charge in [0.05, 0.1) is 11.4 Å². The van der Waals surface area contributed by atoms with Gasteiger partial charge in [-0.15, -0.1) is 11.3 Å². The van der Waals surface area contributed by atoms with Crippen molar-refractivity contribution in [3.63, 3.8) is 0 Å². The van der Waals surface area contributed by atoms with Crippen LogP contribution in [0.3, 0.4) is 0 Å². The molecule has 0 atom stereocenters. The van der Waals surface area contributed by atoms with Gasteiger partial charge in [-0.25, -0.2) is 0 Å². The van der Waals surface area contributed by atoms with Crippen molar-refractivity contribution in [1.82, 2.24) is 9.78 Å². The van der Waals surface area contributed by atoms with Gasteiger partial charge in [0.15, 0.2) is 5.82 Å². The highest BCUT2D eigenvalue weighted by molar-refractivity contribution is 7.17. The van der Waals surface area contributed by atoms with E-state index < -0.39 is 0 Å². The highest BCUT2D eigenvalue weighted by atomic mass is 32.1. The minimum Gasteiger partial charge on any atom is -0.394 e. The van der Waals surface area contributed by atoms with Gasteiger partial charge >= 0.3 is 0 Å². The Morgan fingerprint density at radius 2 is 2.10 bits per heavy atom. The molecule has 104 valence electrons. The molecule has 0 saturated carbocycles. The van der Waals surface area contributed by atoms with Crippen molar-refractivity contribution in [1.29, 1.82) is 0 Å². The molecule has 2 heterocycles. The molecule has 0 aliphatic carbocycles. The van der Waals surface area contributed by atoms with E-state index in [0.717, 1.165) is 22.9 Å². The van der Waals surface area contributed by atoms with Crippen LogP contribution in [0.2, 0.25) is 0 Å². The Bertz CT molecular complexity index is 754. The maximum absolute atomic E-state index is 6.20. The van der Waals surface area contributed by atoms with Crippen molar-refractivity contribution >= 4 is 38.6 Å². The highest BCUT2D eigenvalue weighted by Crippen LogP contribution is 2.31. The molecular formula is C15H18N4S. The fourth-order valence-corrected chi connectivity index (χ4v) is 3.09. The molecule has 0 radical (unpaired) electrons. The topological polar surface area (TPSA) is 55.9 Å². The third kappa shape index (κ3) is 2.14. The summed E-state index contributed by atoms with van der Waals surface area (Å²) in [4.78, 5) is 0. The Labute approximate surface area is 122 Å². The third-order valence-corrected chi connectivity index (χ3v) is 4.27. The number of hydrogen-bond donors (Lipinski definition) is 2. The molecule has 1 aromatic carbocycles. The summed E-state index contributed by atoms with van der Waals surface area (Å²) in [6.07, 6.45) is 0. The van der Waals surface area contributed by atoms with E-state index in [1.165, 1.54) is 10.1 Å². The van der Waals surface area contributed by atoms with Crippen molar-refractivity contribution < 1.29 is 0 Å². The minimum absolute atomic E-state index is 0.316. The number of nitrogens with one attached hydrogen (secondary N) is 1. The second-order valence-corrected chi connectivity index (χ2v) is 6.17. The van der Waals surface area contributed by atoms with Crippen LogP contribution in [-0.2, 0) is 7.05 Å². The first-order chi connectivity index (χ1) is 9.56. The average molecular weight is 286 g/mol. The lowest BCUT2D eigenvalue weighted by atomic mass is 10.1. The number of rotatable bonds is 3. The number of fused-ring (bicyclic) bond motifs is 1. The monoisotopic (exact) mass is 286 g/mol. The molecule has 0 aliphatic rings. The van der Waals surface area contributed by atoms with E-state index in [0.29, 0.717) is 5.92 Å². The van der Waals surface area contributed by atoms with Crippen LogP contribution >= 0.6 is 11.3 Å². The second kappa shape index (κ2) is 4.83. The van der Waals surface area contributed by atoms with Gasteiger partial charge in [0.1, 0.15) is 0 Å². The number of hydrogen-bond acceptors (Lipinski definition) is 4. The maximum Gasteiger partial charge on any atom is 0.152 e. The Hall–Kier alpha value is -2.01. The number of nitrogens with two attached hydrogens (primary N) is 1. The summed E-state index contributed by atoms with van der Waals surface area (Å²) in [6.45, 7) is 4.19. The van der Waals surface area contributed by atoms with Crippen molar-refractivity contribution in [3.05, 3.63) is 35.3 Å². The molecule has 0 fully saturated rings.